The lowest BCUT2D eigenvalue weighted by Gasteiger charge is -2.23. The normalized spacial score (nSPS) is 10.2. The maximum absolute atomic E-state index is 12.4. The van der Waals surface area contributed by atoms with Crippen LogP contribution in [0.5, 0.6) is 5.75 Å². The highest BCUT2D eigenvalue weighted by Gasteiger charge is 2.17. The Balaban J connectivity index is 2.27. The van der Waals surface area contributed by atoms with Crippen molar-refractivity contribution in [2.45, 2.75) is 13.8 Å². The summed E-state index contributed by atoms with van der Waals surface area (Å²) in [4.78, 5) is 14.0. The van der Waals surface area contributed by atoms with Crippen LogP contribution in [0.1, 0.15) is 12.5 Å². The fraction of sp³-hybridized carbons (Fsp3) is 0.188. The molecule has 2 rings (SSSR count). The number of phenolic OH excluding ortho intramolecular Hbond substituents is 1. The molecule has 0 fully saturated rings. The summed E-state index contributed by atoms with van der Waals surface area (Å²) >= 11 is 6.05. The van der Waals surface area contributed by atoms with E-state index in [1.807, 2.05) is 13.8 Å². The predicted molar refractivity (Wildman–Crippen MR) is 86.3 cm³/mol. The molecule has 2 aromatic rings. The Bertz CT molecular complexity index is 658. The highest BCUT2D eigenvalue weighted by molar-refractivity contribution is 6.33. The van der Waals surface area contributed by atoms with E-state index in [1.54, 1.807) is 47.4 Å². The number of hydrogen-bond donors (Lipinski definition) is 2. The van der Waals surface area contributed by atoms with Crippen LogP contribution < -0.4 is 10.2 Å². The number of aryl methyl sites for hydroxylation is 1. The Morgan fingerprint density at radius 1 is 1.29 bits per heavy atom. The second-order valence-corrected chi connectivity index (χ2v) is 5.03. The van der Waals surface area contributed by atoms with Gasteiger partial charge in [-0.25, -0.2) is 4.79 Å². The molecule has 0 aromatic heterocycles. The van der Waals surface area contributed by atoms with Crippen molar-refractivity contribution in [2.75, 3.05) is 16.8 Å². The summed E-state index contributed by atoms with van der Waals surface area (Å²) in [5.41, 5.74) is 2.13. The van der Waals surface area contributed by atoms with E-state index in [9.17, 15) is 9.90 Å². The number of carbonyl (C=O) groups is 1. The second-order valence-electron chi connectivity index (χ2n) is 4.63. The average molecular weight is 305 g/mol. The first-order valence-electron chi connectivity index (χ1n) is 6.65. The van der Waals surface area contributed by atoms with Crippen molar-refractivity contribution in [1.82, 2.24) is 0 Å². The summed E-state index contributed by atoms with van der Waals surface area (Å²) in [6.45, 7) is 4.23. The third-order valence-electron chi connectivity index (χ3n) is 3.16. The van der Waals surface area contributed by atoms with E-state index in [0.717, 1.165) is 5.56 Å². The van der Waals surface area contributed by atoms with Crippen molar-refractivity contribution in [1.29, 1.82) is 0 Å². The van der Waals surface area contributed by atoms with Gasteiger partial charge in [-0.15, -0.1) is 0 Å². The SMILES string of the molecule is CCN(C(=O)Nc1ccccc1Cl)c1cc(O)ccc1C. The van der Waals surface area contributed by atoms with Gasteiger partial charge in [0, 0.05) is 12.6 Å². The topological polar surface area (TPSA) is 52.6 Å². The van der Waals surface area contributed by atoms with Gasteiger partial charge in [0.2, 0.25) is 0 Å². The molecule has 0 saturated heterocycles. The number of rotatable bonds is 3. The second kappa shape index (κ2) is 6.50. The third-order valence-corrected chi connectivity index (χ3v) is 3.49. The van der Waals surface area contributed by atoms with Gasteiger partial charge in [0.05, 0.1) is 16.4 Å². The highest BCUT2D eigenvalue weighted by atomic mass is 35.5. The van der Waals surface area contributed by atoms with Crippen molar-refractivity contribution in [3.63, 3.8) is 0 Å². The minimum atomic E-state index is -0.292. The van der Waals surface area contributed by atoms with E-state index in [4.69, 9.17) is 11.6 Å². The van der Waals surface area contributed by atoms with Gasteiger partial charge in [0.25, 0.3) is 0 Å². The Kier molecular flexibility index (Phi) is 4.70. The Labute approximate surface area is 129 Å². The zero-order valence-corrected chi connectivity index (χ0v) is 12.7. The van der Waals surface area contributed by atoms with Crippen LogP contribution in [-0.2, 0) is 0 Å². The number of benzene rings is 2. The lowest BCUT2D eigenvalue weighted by molar-refractivity contribution is 0.257. The molecular weight excluding hydrogens is 288 g/mol. The molecule has 0 aliphatic carbocycles. The van der Waals surface area contributed by atoms with Gasteiger partial charge in [-0.1, -0.05) is 29.8 Å². The van der Waals surface area contributed by atoms with E-state index >= 15 is 0 Å². The molecule has 4 nitrogen and oxygen atoms in total. The number of nitrogens with zero attached hydrogens (tertiary/aromatic N) is 1. The van der Waals surface area contributed by atoms with Crippen LogP contribution in [0.25, 0.3) is 0 Å². The fourth-order valence-electron chi connectivity index (χ4n) is 2.06. The molecule has 0 unspecified atom stereocenters. The van der Waals surface area contributed by atoms with Gasteiger partial charge in [0.1, 0.15) is 5.75 Å². The van der Waals surface area contributed by atoms with E-state index in [2.05, 4.69) is 5.32 Å². The molecule has 2 N–H and O–H groups in total. The van der Waals surface area contributed by atoms with E-state index in [0.29, 0.717) is 22.9 Å². The van der Waals surface area contributed by atoms with Gasteiger partial charge in [-0.3, -0.25) is 4.90 Å². The number of phenols is 1. The molecule has 0 atom stereocenters. The molecule has 0 aliphatic rings. The molecule has 0 bridgehead atoms. The number of nitrogens with one attached hydrogen (secondary N) is 1. The Morgan fingerprint density at radius 2 is 2.00 bits per heavy atom. The zero-order valence-electron chi connectivity index (χ0n) is 11.9. The standard InChI is InChI=1S/C16H17ClN2O2/c1-3-19(15-10-12(20)9-8-11(15)2)16(21)18-14-7-5-4-6-13(14)17/h4-10,20H,3H2,1-2H3,(H,18,21). The third kappa shape index (κ3) is 3.47. The van der Waals surface area contributed by atoms with Gasteiger partial charge in [-0.2, -0.15) is 0 Å². The number of urea groups is 1. The quantitative estimate of drug-likeness (QED) is 0.882. The Morgan fingerprint density at radius 3 is 2.67 bits per heavy atom. The van der Waals surface area contributed by atoms with Crippen LogP contribution in [0, 0.1) is 6.92 Å². The molecule has 0 spiro atoms. The fourth-order valence-corrected chi connectivity index (χ4v) is 2.24. The van der Waals surface area contributed by atoms with Crippen LogP contribution in [0.2, 0.25) is 5.02 Å². The number of halogens is 1. The van der Waals surface area contributed by atoms with Crippen LogP contribution in [0.3, 0.4) is 0 Å². The molecule has 21 heavy (non-hydrogen) atoms. The van der Waals surface area contributed by atoms with Crippen molar-refractivity contribution >= 4 is 29.0 Å². The van der Waals surface area contributed by atoms with Crippen LogP contribution in [-0.4, -0.2) is 17.7 Å². The van der Waals surface area contributed by atoms with E-state index in [1.165, 1.54) is 0 Å². The lowest BCUT2D eigenvalue weighted by atomic mass is 10.1. The molecule has 2 amide bonds. The summed E-state index contributed by atoms with van der Waals surface area (Å²) in [7, 11) is 0. The molecule has 110 valence electrons. The average Bonchev–Trinajstić information content (AvgIpc) is 2.46. The van der Waals surface area contributed by atoms with Gasteiger partial charge < -0.3 is 10.4 Å². The van der Waals surface area contributed by atoms with Crippen molar-refractivity contribution < 1.29 is 9.90 Å². The number of carbonyl (C=O) groups excluding carboxylic acids is 1. The molecule has 5 heteroatoms. The molecule has 0 heterocycles. The molecule has 0 radical (unpaired) electrons. The van der Waals surface area contributed by atoms with Crippen molar-refractivity contribution in [3.8, 4) is 5.75 Å². The first kappa shape index (κ1) is 15.2. The monoisotopic (exact) mass is 304 g/mol. The largest absolute Gasteiger partial charge is 0.508 e. The lowest BCUT2D eigenvalue weighted by Crippen LogP contribution is -2.35. The summed E-state index contributed by atoms with van der Waals surface area (Å²) in [5, 5.41) is 12.9. The first-order valence-corrected chi connectivity index (χ1v) is 7.03. The van der Waals surface area contributed by atoms with Crippen LogP contribution in [0.15, 0.2) is 42.5 Å². The summed E-state index contributed by atoms with van der Waals surface area (Å²) in [6, 6.07) is 11.7. The van der Waals surface area contributed by atoms with Crippen molar-refractivity contribution in [2.24, 2.45) is 0 Å². The molecule has 0 aliphatic heterocycles. The van der Waals surface area contributed by atoms with Gasteiger partial charge in [-0.05, 0) is 37.6 Å². The van der Waals surface area contributed by atoms with E-state index in [-0.39, 0.29) is 11.8 Å². The summed E-state index contributed by atoms with van der Waals surface area (Å²) in [6.07, 6.45) is 0. The first-order chi connectivity index (χ1) is 10.0. The molecule has 0 saturated carbocycles. The smallest absolute Gasteiger partial charge is 0.326 e. The number of amides is 2. The van der Waals surface area contributed by atoms with Gasteiger partial charge >= 0.3 is 6.03 Å². The zero-order chi connectivity index (χ0) is 15.4. The van der Waals surface area contributed by atoms with Crippen LogP contribution >= 0.6 is 11.6 Å². The maximum Gasteiger partial charge on any atom is 0.326 e. The highest BCUT2D eigenvalue weighted by Crippen LogP contribution is 2.26. The summed E-state index contributed by atoms with van der Waals surface area (Å²) < 4.78 is 0. The van der Waals surface area contributed by atoms with Gasteiger partial charge in [0.15, 0.2) is 0 Å². The molecular formula is C16H17ClN2O2. The number of anilines is 2. The van der Waals surface area contributed by atoms with Crippen molar-refractivity contribution in [3.05, 3.63) is 53.1 Å². The maximum atomic E-state index is 12.4. The predicted octanol–water partition coefficient (Wildman–Crippen LogP) is 4.41. The van der Waals surface area contributed by atoms with E-state index < -0.39 is 0 Å². The minimum absolute atomic E-state index is 0.125. The number of hydrogen-bond acceptors (Lipinski definition) is 2. The summed E-state index contributed by atoms with van der Waals surface area (Å²) in [5.74, 6) is 0.125. The Hall–Kier alpha value is -2.20. The van der Waals surface area contributed by atoms with Crippen LogP contribution in [0.4, 0.5) is 16.2 Å². The minimum Gasteiger partial charge on any atom is -0.508 e. The molecule has 2 aromatic carbocycles. The number of aromatic hydroxyl groups is 1. The number of para-hydroxylation sites is 1.